The second kappa shape index (κ2) is 5.88. The van der Waals surface area contributed by atoms with Gasteiger partial charge in [-0.2, -0.15) is 18.4 Å². The average molecular weight is 291 g/mol. The quantitative estimate of drug-likeness (QED) is 0.837. The predicted molar refractivity (Wildman–Crippen MR) is 72.7 cm³/mol. The molecule has 0 saturated heterocycles. The summed E-state index contributed by atoms with van der Waals surface area (Å²) in [6.07, 6.45) is -4.37. The zero-order valence-electron chi connectivity index (χ0n) is 11.2. The number of methoxy groups -OCH3 is 1. The minimum atomic E-state index is -4.42. The van der Waals surface area contributed by atoms with Crippen molar-refractivity contribution < 1.29 is 17.9 Å². The van der Waals surface area contributed by atoms with Crippen molar-refractivity contribution in [2.75, 3.05) is 7.11 Å². The Bertz CT molecular complexity index is 687. The van der Waals surface area contributed by atoms with Gasteiger partial charge in [-0.25, -0.2) is 0 Å². The molecule has 0 aliphatic heterocycles. The van der Waals surface area contributed by atoms with Crippen molar-refractivity contribution in [1.82, 2.24) is 0 Å². The van der Waals surface area contributed by atoms with E-state index in [2.05, 4.69) is 0 Å². The lowest BCUT2D eigenvalue weighted by Gasteiger charge is -2.13. The molecule has 2 rings (SSSR count). The lowest BCUT2D eigenvalue weighted by Crippen LogP contribution is -2.05. The maximum absolute atomic E-state index is 12.9. The van der Waals surface area contributed by atoms with Crippen LogP contribution in [0.25, 0.3) is 11.1 Å². The summed E-state index contributed by atoms with van der Waals surface area (Å²) in [5.41, 5.74) is 0.803. The van der Waals surface area contributed by atoms with E-state index in [9.17, 15) is 13.2 Å². The van der Waals surface area contributed by atoms with Gasteiger partial charge in [0.2, 0.25) is 0 Å². The molecule has 0 aromatic heterocycles. The van der Waals surface area contributed by atoms with Gasteiger partial charge in [0.05, 0.1) is 25.2 Å². The third-order valence-corrected chi connectivity index (χ3v) is 3.09. The Morgan fingerprint density at radius 3 is 2.52 bits per heavy atom. The molecule has 0 saturated carbocycles. The van der Waals surface area contributed by atoms with Crippen molar-refractivity contribution in [2.24, 2.45) is 0 Å². The molecule has 0 spiro atoms. The number of nitrogens with zero attached hydrogens (tertiary/aromatic N) is 1. The van der Waals surface area contributed by atoms with Crippen LogP contribution in [0.1, 0.15) is 11.1 Å². The first kappa shape index (κ1) is 14.9. The minimum absolute atomic E-state index is 0.0463. The third-order valence-electron chi connectivity index (χ3n) is 3.09. The highest BCUT2D eigenvalue weighted by molar-refractivity contribution is 5.70. The topological polar surface area (TPSA) is 33.0 Å². The van der Waals surface area contributed by atoms with Crippen LogP contribution in [0.5, 0.6) is 5.75 Å². The normalized spacial score (nSPS) is 11.0. The maximum atomic E-state index is 12.9. The van der Waals surface area contributed by atoms with Crippen molar-refractivity contribution in [3.05, 3.63) is 53.6 Å². The zero-order valence-corrected chi connectivity index (χ0v) is 11.2. The van der Waals surface area contributed by atoms with Crippen LogP contribution in [0.3, 0.4) is 0 Å². The molecule has 0 N–H and O–H groups in total. The molecule has 2 nitrogen and oxygen atoms in total. The number of halogens is 3. The fourth-order valence-electron chi connectivity index (χ4n) is 2.05. The van der Waals surface area contributed by atoms with E-state index in [1.165, 1.54) is 13.2 Å². The summed E-state index contributed by atoms with van der Waals surface area (Å²) in [6.45, 7) is 0. The van der Waals surface area contributed by atoms with E-state index in [1.54, 1.807) is 24.3 Å². The van der Waals surface area contributed by atoms with Crippen LogP contribution >= 0.6 is 0 Å². The van der Waals surface area contributed by atoms with E-state index >= 15 is 0 Å². The number of alkyl halides is 3. The molecule has 0 atom stereocenters. The first-order valence-corrected chi connectivity index (χ1v) is 6.17. The fourth-order valence-corrected chi connectivity index (χ4v) is 2.05. The van der Waals surface area contributed by atoms with E-state index in [0.29, 0.717) is 22.4 Å². The van der Waals surface area contributed by atoms with Gasteiger partial charge in [0.1, 0.15) is 5.75 Å². The van der Waals surface area contributed by atoms with Crippen molar-refractivity contribution in [2.45, 2.75) is 12.6 Å². The van der Waals surface area contributed by atoms with Crippen molar-refractivity contribution in [3.8, 4) is 22.9 Å². The lowest BCUT2D eigenvalue weighted by atomic mass is 9.95. The highest BCUT2D eigenvalue weighted by Crippen LogP contribution is 2.35. The van der Waals surface area contributed by atoms with Gasteiger partial charge in [0, 0.05) is 0 Å². The largest absolute Gasteiger partial charge is 0.497 e. The monoisotopic (exact) mass is 291 g/mol. The zero-order chi connectivity index (χ0) is 15.5. The van der Waals surface area contributed by atoms with Gasteiger partial charge in [0.25, 0.3) is 0 Å². The number of hydrogen-bond donors (Lipinski definition) is 0. The smallest absolute Gasteiger partial charge is 0.416 e. The number of nitriles is 1. The summed E-state index contributed by atoms with van der Waals surface area (Å²) >= 11 is 0. The number of hydrogen-bond acceptors (Lipinski definition) is 2. The molecule has 0 aliphatic rings. The van der Waals surface area contributed by atoms with Crippen molar-refractivity contribution >= 4 is 0 Å². The number of rotatable bonds is 3. The van der Waals surface area contributed by atoms with Crippen LogP contribution in [-0.4, -0.2) is 7.11 Å². The van der Waals surface area contributed by atoms with Gasteiger partial charge >= 0.3 is 6.18 Å². The summed E-state index contributed by atoms with van der Waals surface area (Å²) < 4.78 is 43.7. The summed E-state index contributed by atoms with van der Waals surface area (Å²) in [4.78, 5) is 0. The van der Waals surface area contributed by atoms with Crippen LogP contribution in [0.2, 0.25) is 0 Å². The third kappa shape index (κ3) is 3.34. The maximum Gasteiger partial charge on any atom is 0.416 e. The minimum Gasteiger partial charge on any atom is -0.497 e. The molecular formula is C16H12F3NO. The molecule has 0 amide bonds. The molecule has 0 bridgehead atoms. The van der Waals surface area contributed by atoms with Crippen LogP contribution in [0.15, 0.2) is 42.5 Å². The summed E-state index contributed by atoms with van der Waals surface area (Å²) in [6, 6.07) is 12.1. The molecule has 0 unspecified atom stereocenters. The molecule has 0 radical (unpaired) electrons. The Kier molecular flexibility index (Phi) is 4.18. The molecule has 0 fully saturated rings. The van der Waals surface area contributed by atoms with Gasteiger partial charge in [0.15, 0.2) is 0 Å². The predicted octanol–water partition coefficient (Wildman–Crippen LogP) is 4.45. The number of benzene rings is 2. The van der Waals surface area contributed by atoms with Crippen LogP contribution < -0.4 is 4.74 Å². The van der Waals surface area contributed by atoms with E-state index in [4.69, 9.17) is 10.00 Å². The average Bonchev–Trinajstić information content (AvgIpc) is 2.47. The van der Waals surface area contributed by atoms with E-state index in [0.717, 1.165) is 12.1 Å². The Hall–Kier alpha value is -2.48. The Morgan fingerprint density at radius 1 is 1.14 bits per heavy atom. The van der Waals surface area contributed by atoms with Crippen LogP contribution in [0.4, 0.5) is 13.2 Å². The Morgan fingerprint density at radius 2 is 1.90 bits per heavy atom. The SMILES string of the molecule is COc1cccc(-c2cc(C(F)(F)F)ccc2CC#N)c1. The van der Waals surface area contributed by atoms with E-state index < -0.39 is 11.7 Å². The molecule has 0 heterocycles. The first-order chi connectivity index (χ1) is 9.95. The fraction of sp³-hybridized carbons (Fsp3) is 0.188. The van der Waals surface area contributed by atoms with Crippen molar-refractivity contribution in [1.29, 1.82) is 5.26 Å². The van der Waals surface area contributed by atoms with Gasteiger partial charge < -0.3 is 4.74 Å². The lowest BCUT2D eigenvalue weighted by molar-refractivity contribution is -0.137. The standard InChI is InChI=1S/C16H12F3NO/c1-21-14-4-2-3-12(9-14)15-10-13(16(17,18)19)6-5-11(15)7-8-20/h2-6,9-10H,7H2,1H3. The second-order valence-electron chi connectivity index (χ2n) is 4.44. The molecule has 5 heteroatoms. The van der Waals surface area contributed by atoms with Crippen LogP contribution in [0, 0.1) is 11.3 Å². The summed E-state index contributed by atoms with van der Waals surface area (Å²) in [7, 11) is 1.49. The van der Waals surface area contributed by atoms with E-state index in [-0.39, 0.29) is 6.42 Å². The molecule has 2 aromatic carbocycles. The highest BCUT2D eigenvalue weighted by atomic mass is 19.4. The molecule has 0 aliphatic carbocycles. The van der Waals surface area contributed by atoms with Crippen molar-refractivity contribution in [3.63, 3.8) is 0 Å². The molecule has 21 heavy (non-hydrogen) atoms. The van der Waals surface area contributed by atoms with Gasteiger partial charge in [-0.1, -0.05) is 18.2 Å². The Balaban J connectivity index is 2.60. The molecular weight excluding hydrogens is 279 g/mol. The van der Waals surface area contributed by atoms with E-state index in [1.807, 2.05) is 6.07 Å². The number of ether oxygens (including phenoxy) is 1. The summed E-state index contributed by atoms with van der Waals surface area (Å²) in [5, 5.41) is 8.82. The van der Waals surface area contributed by atoms with Gasteiger partial charge in [-0.15, -0.1) is 0 Å². The first-order valence-electron chi connectivity index (χ1n) is 6.17. The van der Waals surface area contributed by atoms with Gasteiger partial charge in [-0.05, 0) is 41.0 Å². The Labute approximate surface area is 120 Å². The summed E-state index contributed by atoms with van der Waals surface area (Å²) in [5.74, 6) is 0.549. The second-order valence-corrected chi connectivity index (χ2v) is 4.44. The highest BCUT2D eigenvalue weighted by Gasteiger charge is 2.31. The van der Waals surface area contributed by atoms with Crippen LogP contribution in [-0.2, 0) is 12.6 Å². The molecule has 2 aromatic rings. The molecule has 108 valence electrons. The van der Waals surface area contributed by atoms with Gasteiger partial charge in [-0.3, -0.25) is 0 Å².